The number of ether oxygens (including phenoxy) is 1. The van der Waals surface area contributed by atoms with E-state index in [2.05, 4.69) is 47.1 Å². The van der Waals surface area contributed by atoms with Crippen LogP contribution in [0.15, 0.2) is 60.2 Å². The summed E-state index contributed by atoms with van der Waals surface area (Å²) in [7, 11) is 0. The molecular formula is C31H40N2O4. The number of benzene rings is 2. The van der Waals surface area contributed by atoms with E-state index in [1.165, 1.54) is 11.1 Å². The van der Waals surface area contributed by atoms with Gasteiger partial charge in [-0.15, -0.1) is 0 Å². The molecule has 0 spiro atoms. The number of carbonyl (C=O) groups excluding carboxylic acids is 1. The molecule has 1 saturated heterocycles. The highest BCUT2D eigenvalue weighted by molar-refractivity contribution is 5.87. The third-order valence-electron chi connectivity index (χ3n) is 7.37. The van der Waals surface area contributed by atoms with Crippen molar-refractivity contribution in [3.8, 4) is 0 Å². The van der Waals surface area contributed by atoms with Crippen LogP contribution in [0.5, 0.6) is 0 Å². The minimum atomic E-state index is -0.896. The number of carbonyl (C=O) groups is 2. The van der Waals surface area contributed by atoms with Crippen molar-refractivity contribution in [3.63, 3.8) is 0 Å². The van der Waals surface area contributed by atoms with Gasteiger partial charge in [-0.05, 0) is 76.6 Å². The zero-order chi connectivity index (χ0) is 26.6. The van der Waals surface area contributed by atoms with Crippen LogP contribution >= 0.6 is 0 Å². The third-order valence-corrected chi connectivity index (χ3v) is 7.37. The number of hydrogen-bond donors (Lipinski definition) is 1. The Morgan fingerprint density at radius 2 is 1.70 bits per heavy atom. The molecule has 2 atom stereocenters. The van der Waals surface area contributed by atoms with Gasteiger partial charge in [0.25, 0.3) is 0 Å². The number of rotatable bonds is 8. The lowest BCUT2D eigenvalue weighted by Gasteiger charge is -2.39. The maximum absolute atomic E-state index is 13.4. The Labute approximate surface area is 220 Å². The van der Waals surface area contributed by atoms with E-state index >= 15 is 0 Å². The van der Waals surface area contributed by atoms with Crippen LogP contribution in [0.4, 0.5) is 4.79 Å². The summed E-state index contributed by atoms with van der Waals surface area (Å²) in [6, 6.07) is 17.9. The van der Waals surface area contributed by atoms with E-state index in [0.717, 1.165) is 50.9 Å². The van der Waals surface area contributed by atoms with E-state index in [0.29, 0.717) is 11.5 Å². The predicted octanol–water partition coefficient (Wildman–Crippen LogP) is 6.12. The molecule has 37 heavy (non-hydrogen) atoms. The summed E-state index contributed by atoms with van der Waals surface area (Å²) in [5.41, 5.74) is 3.45. The standard InChI is InChI=1S/C31H40N2O4/c1-22(20-24-8-6-5-7-9-24)27-21-28(27)33(30(36)37-31(2,3)4)26-15-18-32(19-16-26)17-14-23-10-12-25(13-11-23)29(34)35/h5-13,20,26-28H,14-19,21H2,1-4H3,(H,34,35)/b22-20+/t27-,28+/m0/s1. The number of carboxylic acid groups (broad SMARTS) is 1. The van der Waals surface area contributed by atoms with Crippen LogP contribution in [-0.4, -0.2) is 64.3 Å². The number of carboxylic acids is 1. The van der Waals surface area contributed by atoms with Crippen molar-refractivity contribution in [1.29, 1.82) is 0 Å². The van der Waals surface area contributed by atoms with Gasteiger partial charge in [-0.3, -0.25) is 0 Å². The van der Waals surface area contributed by atoms with E-state index in [1.54, 1.807) is 12.1 Å². The van der Waals surface area contributed by atoms with Crippen LogP contribution in [0.2, 0.25) is 0 Å². The molecule has 0 aromatic heterocycles. The van der Waals surface area contributed by atoms with Gasteiger partial charge >= 0.3 is 12.1 Å². The van der Waals surface area contributed by atoms with Gasteiger partial charge in [0.2, 0.25) is 0 Å². The first-order chi connectivity index (χ1) is 17.6. The van der Waals surface area contributed by atoms with E-state index in [4.69, 9.17) is 9.84 Å². The number of aromatic carboxylic acids is 1. The number of nitrogens with zero attached hydrogens (tertiary/aromatic N) is 2. The van der Waals surface area contributed by atoms with Crippen molar-refractivity contribution in [1.82, 2.24) is 9.80 Å². The second-order valence-electron chi connectivity index (χ2n) is 11.4. The fourth-order valence-electron chi connectivity index (χ4n) is 5.29. The average Bonchev–Trinajstić information content (AvgIpc) is 3.64. The number of hydrogen-bond acceptors (Lipinski definition) is 4. The Bertz CT molecular complexity index is 1100. The van der Waals surface area contributed by atoms with Gasteiger partial charge in [0, 0.05) is 37.6 Å². The first-order valence-corrected chi connectivity index (χ1v) is 13.4. The summed E-state index contributed by atoms with van der Waals surface area (Å²) in [6.45, 7) is 10.8. The molecule has 2 aliphatic rings. The summed E-state index contributed by atoms with van der Waals surface area (Å²) in [4.78, 5) is 28.9. The summed E-state index contributed by atoms with van der Waals surface area (Å²) in [6.07, 6.45) is 5.78. The van der Waals surface area contributed by atoms with Gasteiger partial charge in [-0.2, -0.15) is 0 Å². The lowest BCUT2D eigenvalue weighted by atomic mass is 10.0. The topological polar surface area (TPSA) is 70.1 Å². The van der Waals surface area contributed by atoms with Crippen LogP contribution in [0.25, 0.3) is 6.08 Å². The van der Waals surface area contributed by atoms with Gasteiger partial charge in [0.1, 0.15) is 5.60 Å². The zero-order valence-corrected chi connectivity index (χ0v) is 22.5. The molecule has 1 saturated carbocycles. The molecule has 198 valence electrons. The smallest absolute Gasteiger partial charge is 0.410 e. The van der Waals surface area contributed by atoms with Crippen molar-refractivity contribution in [2.75, 3.05) is 19.6 Å². The molecule has 6 heteroatoms. The fourth-order valence-corrected chi connectivity index (χ4v) is 5.29. The molecule has 1 aliphatic heterocycles. The normalized spacial score (nSPS) is 20.9. The van der Waals surface area contributed by atoms with E-state index in [1.807, 2.05) is 39.0 Å². The Morgan fingerprint density at radius 3 is 2.30 bits per heavy atom. The predicted molar refractivity (Wildman–Crippen MR) is 147 cm³/mol. The quantitative estimate of drug-likeness (QED) is 0.469. The minimum absolute atomic E-state index is 0.181. The maximum atomic E-state index is 13.4. The average molecular weight is 505 g/mol. The van der Waals surface area contributed by atoms with Crippen molar-refractivity contribution in [2.24, 2.45) is 5.92 Å². The SMILES string of the molecule is C/C(=C\c1ccccc1)[C@@H]1C[C@H]1N(C(=O)OC(C)(C)C)C1CCN(CCc2ccc(C(=O)O)cc2)CC1. The van der Waals surface area contributed by atoms with Crippen molar-refractivity contribution >= 4 is 18.1 Å². The Kier molecular flexibility index (Phi) is 8.38. The van der Waals surface area contributed by atoms with Crippen molar-refractivity contribution in [3.05, 3.63) is 76.9 Å². The molecule has 1 amide bonds. The van der Waals surface area contributed by atoms with Gasteiger partial charge < -0.3 is 19.6 Å². The second-order valence-corrected chi connectivity index (χ2v) is 11.4. The van der Waals surface area contributed by atoms with E-state index in [9.17, 15) is 9.59 Å². The lowest BCUT2D eigenvalue weighted by Crippen LogP contribution is -2.50. The molecule has 1 N–H and O–H groups in total. The van der Waals surface area contributed by atoms with E-state index < -0.39 is 11.6 Å². The van der Waals surface area contributed by atoms with Gasteiger partial charge in [0.05, 0.1) is 5.56 Å². The van der Waals surface area contributed by atoms with Crippen LogP contribution in [0.3, 0.4) is 0 Å². The van der Waals surface area contributed by atoms with Crippen LogP contribution in [-0.2, 0) is 11.2 Å². The fraction of sp³-hybridized carbons (Fsp3) is 0.484. The van der Waals surface area contributed by atoms with Crippen LogP contribution < -0.4 is 0 Å². The first-order valence-electron chi connectivity index (χ1n) is 13.4. The molecule has 1 heterocycles. The molecule has 2 fully saturated rings. The second kappa shape index (κ2) is 11.5. The van der Waals surface area contributed by atoms with Crippen LogP contribution in [0.1, 0.15) is 68.4 Å². The largest absolute Gasteiger partial charge is 0.478 e. The summed E-state index contributed by atoms with van der Waals surface area (Å²) >= 11 is 0. The molecule has 0 radical (unpaired) electrons. The molecule has 1 aliphatic carbocycles. The van der Waals surface area contributed by atoms with Crippen molar-refractivity contribution < 1.29 is 19.4 Å². The summed E-state index contributed by atoms with van der Waals surface area (Å²) in [5.74, 6) is -0.522. The summed E-state index contributed by atoms with van der Waals surface area (Å²) in [5, 5.41) is 9.09. The molecule has 0 bridgehead atoms. The molecule has 0 unspecified atom stereocenters. The van der Waals surface area contributed by atoms with Crippen LogP contribution in [0, 0.1) is 5.92 Å². The van der Waals surface area contributed by atoms with Gasteiger partial charge in [0.15, 0.2) is 0 Å². The monoisotopic (exact) mass is 504 g/mol. The lowest BCUT2D eigenvalue weighted by molar-refractivity contribution is 0.00492. The number of likely N-dealkylation sites (tertiary alicyclic amines) is 1. The molecule has 2 aromatic carbocycles. The minimum Gasteiger partial charge on any atom is -0.478 e. The molecular weight excluding hydrogens is 464 g/mol. The highest BCUT2D eigenvalue weighted by Crippen LogP contribution is 2.44. The third kappa shape index (κ3) is 7.45. The number of amides is 1. The molecule has 6 nitrogen and oxygen atoms in total. The van der Waals surface area contributed by atoms with Crippen molar-refractivity contribution in [2.45, 2.75) is 71.1 Å². The molecule has 4 rings (SSSR count). The zero-order valence-electron chi connectivity index (χ0n) is 22.5. The highest BCUT2D eigenvalue weighted by Gasteiger charge is 2.48. The maximum Gasteiger partial charge on any atom is 0.410 e. The first kappa shape index (κ1) is 26.9. The Balaban J connectivity index is 1.36. The Hall–Kier alpha value is -3.12. The van der Waals surface area contributed by atoms with Gasteiger partial charge in [-0.1, -0.05) is 54.1 Å². The van der Waals surface area contributed by atoms with Gasteiger partial charge in [-0.25, -0.2) is 9.59 Å². The highest BCUT2D eigenvalue weighted by atomic mass is 16.6. The Morgan fingerprint density at radius 1 is 1.05 bits per heavy atom. The number of piperidine rings is 1. The molecule has 2 aromatic rings. The summed E-state index contributed by atoms with van der Waals surface area (Å²) < 4.78 is 5.87. The van der Waals surface area contributed by atoms with E-state index in [-0.39, 0.29) is 18.2 Å².